The molecule has 2 fully saturated rings. The Balaban J connectivity index is 1.72. The van der Waals surface area contributed by atoms with Crippen LogP contribution in [0.1, 0.15) is 64.9 Å². The van der Waals surface area contributed by atoms with Crippen LogP contribution in [0.2, 0.25) is 0 Å². The topological polar surface area (TPSA) is 12.5 Å². The molecule has 0 amide bonds. The molecule has 0 N–H and O–H groups in total. The molecule has 24 heavy (non-hydrogen) atoms. The van der Waals surface area contributed by atoms with E-state index < -0.39 is 0 Å². The van der Waals surface area contributed by atoms with E-state index in [1.54, 1.807) is 0 Å². The molecule has 0 spiro atoms. The van der Waals surface area contributed by atoms with Crippen molar-refractivity contribution in [3.63, 3.8) is 0 Å². The van der Waals surface area contributed by atoms with Gasteiger partial charge in [0.2, 0.25) is 0 Å². The molecular formula is C22H35NO. The molecule has 1 saturated carbocycles. The molecule has 1 aromatic carbocycles. The Morgan fingerprint density at radius 1 is 1.04 bits per heavy atom. The van der Waals surface area contributed by atoms with E-state index in [4.69, 9.17) is 4.74 Å². The summed E-state index contributed by atoms with van der Waals surface area (Å²) >= 11 is 0. The average molecular weight is 330 g/mol. The second kappa shape index (κ2) is 7.58. The second-order valence-electron chi connectivity index (χ2n) is 8.97. The number of benzene rings is 1. The van der Waals surface area contributed by atoms with Gasteiger partial charge in [0.1, 0.15) is 0 Å². The summed E-state index contributed by atoms with van der Waals surface area (Å²) in [6.07, 6.45) is 7.70. The van der Waals surface area contributed by atoms with Gasteiger partial charge in [0, 0.05) is 6.54 Å². The van der Waals surface area contributed by atoms with Crippen molar-refractivity contribution >= 4 is 0 Å². The van der Waals surface area contributed by atoms with Crippen LogP contribution in [-0.4, -0.2) is 31.1 Å². The number of rotatable bonds is 5. The van der Waals surface area contributed by atoms with Crippen LogP contribution in [0.3, 0.4) is 0 Å². The smallest absolute Gasteiger partial charge is 0.0939 e. The first-order chi connectivity index (χ1) is 11.5. The zero-order valence-electron chi connectivity index (χ0n) is 15.9. The van der Waals surface area contributed by atoms with Gasteiger partial charge in [-0.05, 0) is 62.1 Å². The van der Waals surface area contributed by atoms with Crippen molar-refractivity contribution in [3.05, 3.63) is 35.9 Å². The van der Waals surface area contributed by atoms with Crippen LogP contribution in [0.15, 0.2) is 30.3 Å². The van der Waals surface area contributed by atoms with Crippen LogP contribution in [0.25, 0.3) is 0 Å². The number of hydrogen-bond acceptors (Lipinski definition) is 2. The third kappa shape index (κ3) is 4.40. The molecule has 1 saturated heterocycles. The lowest BCUT2D eigenvalue weighted by Gasteiger charge is -2.48. The molecule has 0 unspecified atom stereocenters. The Bertz CT molecular complexity index is 506. The fourth-order valence-electron chi connectivity index (χ4n) is 5.20. The third-order valence-electron chi connectivity index (χ3n) is 5.88. The molecule has 134 valence electrons. The second-order valence-corrected chi connectivity index (χ2v) is 8.97. The van der Waals surface area contributed by atoms with E-state index in [2.05, 4.69) is 56.0 Å². The van der Waals surface area contributed by atoms with E-state index in [0.29, 0.717) is 11.3 Å². The minimum atomic E-state index is -0.0990. The van der Waals surface area contributed by atoms with Crippen LogP contribution in [-0.2, 0) is 10.3 Å². The molecule has 2 aliphatic rings. The highest BCUT2D eigenvalue weighted by atomic mass is 16.5. The fraction of sp³-hybridized carbons (Fsp3) is 0.727. The van der Waals surface area contributed by atoms with Gasteiger partial charge >= 0.3 is 0 Å². The third-order valence-corrected chi connectivity index (χ3v) is 5.88. The Kier molecular flexibility index (Phi) is 5.66. The number of likely N-dealkylation sites (tertiary alicyclic amines) is 1. The van der Waals surface area contributed by atoms with Gasteiger partial charge in [0.15, 0.2) is 0 Å². The summed E-state index contributed by atoms with van der Waals surface area (Å²) in [6, 6.07) is 11.0. The summed E-state index contributed by atoms with van der Waals surface area (Å²) in [4.78, 5) is 2.58. The minimum absolute atomic E-state index is 0.0990. The standard InChI is InChI=1S/C22H35NO/c1-19-16-21(2,3)18-22(17-19,20-10-6-4-7-11-20)24-15-14-23-12-8-5-9-13-23/h4,6-7,10-11,19H,5,8-9,12-18H2,1-3H3/t19-,22+/m1/s1. The molecule has 2 atom stereocenters. The van der Waals surface area contributed by atoms with Crippen molar-refractivity contribution in [3.8, 4) is 0 Å². The molecule has 1 aromatic rings. The van der Waals surface area contributed by atoms with Gasteiger partial charge in [0.05, 0.1) is 12.2 Å². The lowest BCUT2D eigenvalue weighted by molar-refractivity contribution is -0.121. The highest BCUT2D eigenvalue weighted by Crippen LogP contribution is 2.50. The summed E-state index contributed by atoms with van der Waals surface area (Å²) in [5.41, 5.74) is 1.62. The number of nitrogens with zero attached hydrogens (tertiary/aromatic N) is 1. The van der Waals surface area contributed by atoms with E-state index in [1.165, 1.54) is 44.3 Å². The van der Waals surface area contributed by atoms with Crippen LogP contribution in [0.4, 0.5) is 0 Å². The van der Waals surface area contributed by atoms with Crippen LogP contribution >= 0.6 is 0 Å². The van der Waals surface area contributed by atoms with Gasteiger partial charge < -0.3 is 9.64 Å². The van der Waals surface area contributed by atoms with E-state index in [9.17, 15) is 0 Å². The van der Waals surface area contributed by atoms with Crippen molar-refractivity contribution in [2.45, 2.75) is 64.9 Å². The summed E-state index contributed by atoms with van der Waals surface area (Å²) < 4.78 is 6.72. The molecule has 0 aromatic heterocycles. The lowest BCUT2D eigenvalue weighted by Crippen LogP contribution is -2.43. The zero-order chi connectivity index (χ0) is 17.0. The first-order valence-electron chi connectivity index (χ1n) is 9.91. The fourth-order valence-corrected chi connectivity index (χ4v) is 5.20. The number of piperidine rings is 1. The van der Waals surface area contributed by atoms with Gasteiger partial charge in [-0.15, -0.1) is 0 Å². The van der Waals surface area contributed by atoms with Crippen molar-refractivity contribution in [2.24, 2.45) is 11.3 Å². The van der Waals surface area contributed by atoms with Crippen LogP contribution in [0.5, 0.6) is 0 Å². The Morgan fingerprint density at radius 3 is 2.42 bits per heavy atom. The SMILES string of the molecule is C[C@@H]1CC(C)(C)C[C@](OCCN2CCCCC2)(c2ccccc2)C1. The maximum absolute atomic E-state index is 6.72. The predicted molar refractivity (Wildman–Crippen MR) is 101 cm³/mol. The molecule has 3 rings (SSSR count). The largest absolute Gasteiger partial charge is 0.369 e. The summed E-state index contributed by atoms with van der Waals surface area (Å²) in [6.45, 7) is 11.7. The summed E-state index contributed by atoms with van der Waals surface area (Å²) in [7, 11) is 0. The van der Waals surface area contributed by atoms with E-state index in [-0.39, 0.29) is 5.60 Å². The highest BCUT2D eigenvalue weighted by Gasteiger charge is 2.44. The average Bonchev–Trinajstić information content (AvgIpc) is 2.55. The number of hydrogen-bond donors (Lipinski definition) is 0. The Labute approximate surface area is 148 Å². The van der Waals surface area contributed by atoms with Crippen molar-refractivity contribution < 1.29 is 4.74 Å². The van der Waals surface area contributed by atoms with Crippen LogP contribution in [0, 0.1) is 11.3 Å². The van der Waals surface area contributed by atoms with Gasteiger partial charge in [-0.25, -0.2) is 0 Å². The Morgan fingerprint density at radius 2 is 1.75 bits per heavy atom. The van der Waals surface area contributed by atoms with Gasteiger partial charge in [0.25, 0.3) is 0 Å². The summed E-state index contributed by atoms with van der Waals surface area (Å²) in [5.74, 6) is 0.712. The first kappa shape index (κ1) is 17.9. The monoisotopic (exact) mass is 329 g/mol. The van der Waals surface area contributed by atoms with Gasteiger partial charge in [-0.3, -0.25) is 0 Å². The van der Waals surface area contributed by atoms with E-state index >= 15 is 0 Å². The van der Waals surface area contributed by atoms with Crippen molar-refractivity contribution in [1.29, 1.82) is 0 Å². The molecule has 0 radical (unpaired) electrons. The van der Waals surface area contributed by atoms with Crippen LogP contribution < -0.4 is 0 Å². The molecule has 1 aliphatic heterocycles. The first-order valence-corrected chi connectivity index (χ1v) is 9.91. The molecule has 2 nitrogen and oxygen atoms in total. The molecule has 0 bridgehead atoms. The highest BCUT2D eigenvalue weighted by molar-refractivity contribution is 5.24. The predicted octanol–water partition coefficient (Wildman–Crippen LogP) is 5.23. The molecular weight excluding hydrogens is 294 g/mol. The minimum Gasteiger partial charge on any atom is -0.369 e. The van der Waals surface area contributed by atoms with Crippen molar-refractivity contribution in [2.75, 3.05) is 26.2 Å². The summed E-state index contributed by atoms with van der Waals surface area (Å²) in [5, 5.41) is 0. The van der Waals surface area contributed by atoms with Gasteiger partial charge in [-0.1, -0.05) is 57.5 Å². The lowest BCUT2D eigenvalue weighted by atomic mass is 9.63. The normalized spacial score (nSPS) is 31.0. The Hall–Kier alpha value is -0.860. The van der Waals surface area contributed by atoms with E-state index in [0.717, 1.165) is 26.0 Å². The zero-order valence-corrected chi connectivity index (χ0v) is 15.9. The van der Waals surface area contributed by atoms with Crippen molar-refractivity contribution in [1.82, 2.24) is 4.90 Å². The van der Waals surface area contributed by atoms with E-state index in [1.807, 2.05) is 0 Å². The molecule has 1 heterocycles. The maximum Gasteiger partial charge on any atom is 0.0939 e. The molecule has 1 aliphatic carbocycles. The molecule has 2 heteroatoms. The quantitative estimate of drug-likeness (QED) is 0.733. The maximum atomic E-state index is 6.72. The van der Waals surface area contributed by atoms with Gasteiger partial charge in [-0.2, -0.15) is 0 Å². The number of ether oxygens (including phenoxy) is 1.